The summed E-state index contributed by atoms with van der Waals surface area (Å²) >= 11 is 5.87. The lowest BCUT2D eigenvalue weighted by Gasteiger charge is -2.34. The molecule has 0 bridgehead atoms. The van der Waals surface area contributed by atoms with Gasteiger partial charge in [0.2, 0.25) is 10.0 Å². The molecule has 4 rings (SSSR count). The van der Waals surface area contributed by atoms with Gasteiger partial charge in [0.15, 0.2) is 5.82 Å². The molecule has 0 N–H and O–H groups in total. The Hall–Kier alpha value is -1.70. The van der Waals surface area contributed by atoms with Gasteiger partial charge in [-0.2, -0.15) is 9.40 Å². The maximum atomic E-state index is 12.7. The molecular weight excluding hydrogens is 384 g/mol. The van der Waals surface area contributed by atoms with E-state index in [0.29, 0.717) is 31.2 Å². The molecule has 6 nitrogen and oxygen atoms in total. The van der Waals surface area contributed by atoms with Crippen LogP contribution in [0, 0.1) is 0 Å². The average molecular weight is 407 g/mol. The van der Waals surface area contributed by atoms with Crippen LogP contribution in [0.4, 0.5) is 5.82 Å². The zero-order chi connectivity index (χ0) is 18.9. The first-order valence-electron chi connectivity index (χ1n) is 9.34. The molecule has 1 aromatic carbocycles. The highest BCUT2D eigenvalue weighted by molar-refractivity contribution is 7.88. The number of halogens is 1. The number of rotatable bonds is 4. The van der Waals surface area contributed by atoms with Gasteiger partial charge in [0.25, 0.3) is 0 Å². The third kappa shape index (κ3) is 4.25. The number of hydrogen-bond donors (Lipinski definition) is 0. The van der Waals surface area contributed by atoms with Crippen LogP contribution in [0.1, 0.15) is 29.7 Å². The van der Waals surface area contributed by atoms with Crippen molar-refractivity contribution in [3.05, 3.63) is 52.2 Å². The van der Waals surface area contributed by atoms with Crippen molar-refractivity contribution in [1.29, 1.82) is 0 Å². The summed E-state index contributed by atoms with van der Waals surface area (Å²) in [6.45, 7) is 2.20. The Labute approximate surface area is 165 Å². The van der Waals surface area contributed by atoms with Crippen LogP contribution < -0.4 is 4.90 Å². The summed E-state index contributed by atoms with van der Waals surface area (Å²) < 4.78 is 27.0. The maximum Gasteiger partial charge on any atom is 0.218 e. The molecule has 1 fully saturated rings. The number of sulfonamides is 1. The second kappa shape index (κ2) is 7.73. The van der Waals surface area contributed by atoms with Gasteiger partial charge in [0.1, 0.15) is 0 Å². The molecule has 144 valence electrons. The highest BCUT2D eigenvalue weighted by Gasteiger charge is 2.28. The molecule has 8 heteroatoms. The fraction of sp³-hybridized carbons (Fsp3) is 0.474. The van der Waals surface area contributed by atoms with Crippen molar-refractivity contribution in [2.75, 3.05) is 31.1 Å². The number of aromatic nitrogens is 2. The van der Waals surface area contributed by atoms with Crippen molar-refractivity contribution in [3.63, 3.8) is 0 Å². The Morgan fingerprint density at radius 3 is 2.41 bits per heavy atom. The van der Waals surface area contributed by atoms with E-state index in [9.17, 15) is 8.42 Å². The van der Waals surface area contributed by atoms with E-state index in [1.54, 1.807) is 28.6 Å². The molecule has 27 heavy (non-hydrogen) atoms. The van der Waals surface area contributed by atoms with Crippen LogP contribution in [0.15, 0.2) is 30.3 Å². The zero-order valence-electron chi connectivity index (χ0n) is 15.1. The van der Waals surface area contributed by atoms with Gasteiger partial charge < -0.3 is 4.90 Å². The lowest BCUT2D eigenvalue weighted by molar-refractivity contribution is 0.382. The first-order valence-corrected chi connectivity index (χ1v) is 11.3. The number of benzene rings is 1. The van der Waals surface area contributed by atoms with Crippen LogP contribution in [0.3, 0.4) is 0 Å². The van der Waals surface area contributed by atoms with Crippen molar-refractivity contribution < 1.29 is 8.42 Å². The lowest BCUT2D eigenvalue weighted by Crippen LogP contribution is -2.49. The van der Waals surface area contributed by atoms with E-state index in [1.165, 1.54) is 18.4 Å². The van der Waals surface area contributed by atoms with Crippen LogP contribution in [0.2, 0.25) is 5.02 Å². The van der Waals surface area contributed by atoms with Crippen LogP contribution in [-0.2, 0) is 28.6 Å². The molecule has 1 aliphatic carbocycles. The van der Waals surface area contributed by atoms with Crippen molar-refractivity contribution >= 4 is 27.4 Å². The second-order valence-electron chi connectivity index (χ2n) is 7.15. The van der Waals surface area contributed by atoms with E-state index >= 15 is 0 Å². The van der Waals surface area contributed by atoms with E-state index < -0.39 is 10.0 Å². The molecule has 2 heterocycles. The summed E-state index contributed by atoms with van der Waals surface area (Å²) in [7, 11) is -3.34. The topological polar surface area (TPSA) is 66.4 Å². The number of aryl methyl sites for hydroxylation is 2. The first kappa shape index (κ1) is 18.7. The summed E-state index contributed by atoms with van der Waals surface area (Å²) in [5, 5.41) is 9.37. The van der Waals surface area contributed by atoms with Gasteiger partial charge in [-0.25, -0.2) is 8.42 Å². The lowest BCUT2D eigenvalue weighted by atomic mass is 9.97. The highest BCUT2D eigenvalue weighted by atomic mass is 35.5. The minimum Gasteiger partial charge on any atom is -0.352 e. The molecule has 0 spiro atoms. The number of hydrogen-bond acceptors (Lipinski definition) is 5. The van der Waals surface area contributed by atoms with Crippen LogP contribution in [0.5, 0.6) is 0 Å². The Kier molecular flexibility index (Phi) is 5.34. The second-order valence-corrected chi connectivity index (χ2v) is 9.56. The molecule has 0 amide bonds. The zero-order valence-corrected chi connectivity index (χ0v) is 16.7. The Balaban J connectivity index is 1.40. The monoisotopic (exact) mass is 406 g/mol. The molecule has 1 saturated heterocycles. The van der Waals surface area contributed by atoms with E-state index in [1.807, 2.05) is 0 Å². The molecule has 0 saturated carbocycles. The number of nitrogens with zero attached hydrogens (tertiary/aromatic N) is 4. The predicted molar refractivity (Wildman–Crippen MR) is 107 cm³/mol. The number of fused-ring (bicyclic) bond motifs is 1. The summed E-state index contributed by atoms with van der Waals surface area (Å²) in [5.41, 5.74) is 3.17. The van der Waals surface area contributed by atoms with Crippen LogP contribution >= 0.6 is 11.6 Å². The van der Waals surface area contributed by atoms with Crippen LogP contribution in [-0.4, -0.2) is 49.1 Å². The molecule has 0 radical (unpaired) electrons. The molecular formula is C19H23ClN4O2S. The molecule has 1 aromatic heterocycles. The number of piperazine rings is 1. The molecule has 0 unspecified atom stereocenters. The van der Waals surface area contributed by atoms with Crippen LogP contribution in [0.25, 0.3) is 0 Å². The summed E-state index contributed by atoms with van der Waals surface area (Å²) in [6.07, 6.45) is 4.46. The largest absolute Gasteiger partial charge is 0.352 e. The maximum absolute atomic E-state index is 12.7. The Morgan fingerprint density at radius 1 is 0.963 bits per heavy atom. The van der Waals surface area contributed by atoms with Gasteiger partial charge in [-0.05, 0) is 55.0 Å². The minimum atomic E-state index is -3.34. The SMILES string of the molecule is O=S(=O)(Cc1ccc(Cl)cc1)N1CCN(c2cc3c(nn2)CCCC3)CC1. The smallest absolute Gasteiger partial charge is 0.218 e. The van der Waals surface area contributed by atoms with Crippen molar-refractivity contribution in [2.24, 2.45) is 0 Å². The van der Waals surface area contributed by atoms with Gasteiger partial charge >= 0.3 is 0 Å². The van der Waals surface area contributed by atoms with E-state index in [2.05, 4.69) is 21.2 Å². The molecule has 1 aliphatic heterocycles. The molecule has 2 aliphatic rings. The highest BCUT2D eigenvalue weighted by Crippen LogP contribution is 2.24. The number of anilines is 1. The van der Waals surface area contributed by atoms with Gasteiger partial charge in [0.05, 0.1) is 11.4 Å². The van der Waals surface area contributed by atoms with Crippen molar-refractivity contribution in [3.8, 4) is 0 Å². The first-order chi connectivity index (χ1) is 13.0. The predicted octanol–water partition coefficient (Wildman–Crippen LogP) is 2.66. The fourth-order valence-corrected chi connectivity index (χ4v) is 5.35. The van der Waals surface area contributed by atoms with Crippen molar-refractivity contribution in [1.82, 2.24) is 14.5 Å². The van der Waals surface area contributed by atoms with Gasteiger partial charge in [-0.3, -0.25) is 0 Å². The standard InChI is InChI=1S/C19H23ClN4O2S/c20-17-7-5-15(6-8-17)14-27(25,26)24-11-9-23(10-12-24)19-13-16-3-1-2-4-18(16)21-22-19/h5-8,13H,1-4,9-12,14H2. The van der Waals surface area contributed by atoms with E-state index in [4.69, 9.17) is 11.6 Å². The third-order valence-electron chi connectivity index (χ3n) is 5.28. The fourth-order valence-electron chi connectivity index (χ4n) is 3.71. The average Bonchev–Trinajstić information content (AvgIpc) is 2.69. The quantitative estimate of drug-likeness (QED) is 0.780. The van der Waals surface area contributed by atoms with Gasteiger partial charge in [0, 0.05) is 31.2 Å². The normalized spacial score (nSPS) is 18.3. The third-order valence-corrected chi connectivity index (χ3v) is 7.38. The van der Waals surface area contributed by atoms with E-state index in [-0.39, 0.29) is 5.75 Å². The summed E-state index contributed by atoms with van der Waals surface area (Å²) in [4.78, 5) is 2.14. The molecule has 0 atom stereocenters. The van der Waals surface area contributed by atoms with E-state index in [0.717, 1.165) is 29.9 Å². The Bertz CT molecular complexity index is 910. The summed E-state index contributed by atoms with van der Waals surface area (Å²) in [5.74, 6) is 0.869. The van der Waals surface area contributed by atoms with Gasteiger partial charge in [-0.1, -0.05) is 23.7 Å². The van der Waals surface area contributed by atoms with Crippen molar-refractivity contribution in [2.45, 2.75) is 31.4 Å². The van der Waals surface area contributed by atoms with Gasteiger partial charge in [-0.15, -0.1) is 5.10 Å². The Morgan fingerprint density at radius 2 is 1.67 bits per heavy atom. The summed E-state index contributed by atoms with van der Waals surface area (Å²) in [6, 6.07) is 9.11. The minimum absolute atomic E-state index is 0.00280. The molecule has 2 aromatic rings.